The minimum Gasteiger partial charge on any atom is -0.497 e. The van der Waals surface area contributed by atoms with Crippen LogP contribution >= 0.6 is 11.6 Å². The zero-order valence-electron chi connectivity index (χ0n) is 33.4. The Balaban J connectivity index is 0.899. The molecule has 2 N–H and O–H groups in total. The highest BCUT2D eigenvalue weighted by Crippen LogP contribution is 2.35. The summed E-state index contributed by atoms with van der Waals surface area (Å²) in [6.45, 7) is 8.39. The lowest BCUT2D eigenvalue weighted by atomic mass is 10.00. The van der Waals surface area contributed by atoms with Crippen LogP contribution in [-0.2, 0) is 14.8 Å². The fourth-order valence-electron chi connectivity index (χ4n) is 7.36. The van der Waals surface area contributed by atoms with Gasteiger partial charge in [-0.3, -0.25) is 14.4 Å². The van der Waals surface area contributed by atoms with E-state index in [1.165, 1.54) is 0 Å². The molecule has 302 valence electrons. The van der Waals surface area contributed by atoms with E-state index in [2.05, 4.69) is 25.4 Å². The molecule has 0 bridgehead atoms. The molecule has 5 aromatic rings. The van der Waals surface area contributed by atoms with Gasteiger partial charge in [0.2, 0.25) is 15.9 Å². The van der Waals surface area contributed by atoms with Crippen LogP contribution in [0.1, 0.15) is 110 Å². The number of sulfonamides is 1. The van der Waals surface area contributed by atoms with Gasteiger partial charge in [-0.1, -0.05) is 86.0 Å². The summed E-state index contributed by atoms with van der Waals surface area (Å²) in [5.74, 6) is 2.60. The SMILES string of the molecule is COc1ccc2c(c1)C(c1ccc(Cl)cc1)=N[C@@H](CC(=O)NCCCCCCCCCCCNS(=O)(=O)c1cc(-c3c(C)noc3C)ccc1C)c1nnc(C)n1-2. The van der Waals surface area contributed by atoms with Gasteiger partial charge in [0.15, 0.2) is 5.82 Å². The molecule has 3 heterocycles. The summed E-state index contributed by atoms with van der Waals surface area (Å²) in [6.07, 6.45) is 9.37. The van der Waals surface area contributed by atoms with Gasteiger partial charge in [0, 0.05) is 34.8 Å². The zero-order chi connectivity index (χ0) is 40.5. The van der Waals surface area contributed by atoms with Crippen LogP contribution in [0.25, 0.3) is 16.8 Å². The van der Waals surface area contributed by atoms with Gasteiger partial charge in [-0.15, -0.1) is 10.2 Å². The van der Waals surface area contributed by atoms with E-state index >= 15 is 0 Å². The lowest BCUT2D eigenvalue weighted by Gasteiger charge is -2.14. The molecule has 0 spiro atoms. The predicted octanol–water partition coefficient (Wildman–Crippen LogP) is 8.71. The maximum Gasteiger partial charge on any atom is 0.240 e. The largest absolute Gasteiger partial charge is 0.497 e. The summed E-state index contributed by atoms with van der Waals surface area (Å²) in [4.78, 5) is 18.7. The van der Waals surface area contributed by atoms with Gasteiger partial charge in [-0.05, 0) is 88.1 Å². The van der Waals surface area contributed by atoms with Crippen molar-refractivity contribution in [2.45, 2.75) is 103 Å². The van der Waals surface area contributed by atoms with Crippen molar-refractivity contribution >= 4 is 33.2 Å². The molecular weight excluding hydrogens is 762 g/mol. The highest BCUT2D eigenvalue weighted by atomic mass is 35.5. The number of methoxy groups -OCH3 is 1. The van der Waals surface area contributed by atoms with E-state index < -0.39 is 16.1 Å². The van der Waals surface area contributed by atoms with Gasteiger partial charge in [-0.25, -0.2) is 13.1 Å². The van der Waals surface area contributed by atoms with Crippen molar-refractivity contribution in [1.29, 1.82) is 0 Å². The Morgan fingerprint density at radius 1 is 0.842 bits per heavy atom. The molecule has 2 aromatic heterocycles. The fourth-order valence-corrected chi connectivity index (χ4v) is 8.83. The third-order valence-electron chi connectivity index (χ3n) is 10.4. The maximum atomic E-state index is 13.3. The molecule has 0 saturated heterocycles. The second kappa shape index (κ2) is 19.1. The molecule has 1 amide bonds. The van der Waals surface area contributed by atoms with Gasteiger partial charge in [0.25, 0.3) is 0 Å². The molecule has 0 saturated carbocycles. The number of rotatable bonds is 19. The smallest absolute Gasteiger partial charge is 0.240 e. The van der Waals surface area contributed by atoms with Crippen molar-refractivity contribution in [2.75, 3.05) is 20.2 Å². The topological polar surface area (TPSA) is 154 Å². The molecule has 1 aliphatic heterocycles. The third kappa shape index (κ3) is 10.2. The van der Waals surface area contributed by atoms with Crippen molar-refractivity contribution in [3.05, 3.63) is 105 Å². The second-order valence-electron chi connectivity index (χ2n) is 14.6. The van der Waals surface area contributed by atoms with Gasteiger partial charge in [0.05, 0.1) is 35.5 Å². The molecule has 12 nitrogen and oxygen atoms in total. The Morgan fingerprint density at radius 2 is 1.51 bits per heavy atom. The Bertz CT molecular complexity index is 2300. The molecule has 57 heavy (non-hydrogen) atoms. The fraction of sp³-hybridized carbons (Fsp3) is 0.419. The number of nitrogens with one attached hydrogen (secondary N) is 2. The van der Waals surface area contributed by atoms with Gasteiger partial charge < -0.3 is 14.6 Å². The van der Waals surface area contributed by atoms with Crippen molar-refractivity contribution in [1.82, 2.24) is 30.0 Å². The van der Waals surface area contributed by atoms with Crippen molar-refractivity contribution in [3.8, 4) is 22.6 Å². The molecule has 1 atom stereocenters. The number of amides is 1. The van der Waals surface area contributed by atoms with E-state index in [-0.39, 0.29) is 17.2 Å². The molecule has 0 radical (unpaired) electrons. The quantitative estimate of drug-likeness (QED) is 0.0786. The standard InChI is InChI=1S/C43H52ClN7O5S/c1-28-15-16-33(41-29(2)50-56-30(41)3)25-39(28)57(53,54)46-24-14-12-10-8-6-7-9-11-13-23-45-40(52)27-37-43-49-48-31(4)51(43)38-22-21-35(55-5)26-36(38)42(47-37)32-17-19-34(44)20-18-32/h15-22,25-26,37,46H,6-14,23-24,27H2,1-5H3,(H,45,52)/t37-/m0/s1. The maximum absolute atomic E-state index is 13.3. The molecule has 6 rings (SSSR count). The molecule has 3 aromatic carbocycles. The van der Waals surface area contributed by atoms with Crippen LogP contribution in [0.15, 0.2) is 75.1 Å². The van der Waals surface area contributed by atoms with Crippen LogP contribution in [0.5, 0.6) is 5.75 Å². The number of ether oxygens (including phenoxy) is 1. The van der Waals surface area contributed by atoms with E-state index in [1.54, 1.807) is 13.2 Å². The van der Waals surface area contributed by atoms with Gasteiger partial charge in [-0.2, -0.15) is 0 Å². The normalized spacial score (nSPS) is 13.8. The van der Waals surface area contributed by atoms with Crippen molar-refractivity contribution in [2.24, 2.45) is 4.99 Å². The van der Waals surface area contributed by atoms with Crippen LogP contribution in [0.2, 0.25) is 5.02 Å². The zero-order valence-corrected chi connectivity index (χ0v) is 35.0. The number of halogens is 1. The van der Waals surface area contributed by atoms with Crippen LogP contribution in [0, 0.1) is 27.7 Å². The second-order valence-corrected chi connectivity index (χ2v) is 16.8. The number of aromatic nitrogens is 4. The molecule has 0 fully saturated rings. The number of carbonyl (C=O) groups excluding carboxylic acids is 1. The average Bonchev–Trinajstić information content (AvgIpc) is 3.71. The molecule has 0 unspecified atom stereocenters. The summed E-state index contributed by atoms with van der Waals surface area (Å²) >= 11 is 6.22. The van der Waals surface area contributed by atoms with Crippen LogP contribution in [0.3, 0.4) is 0 Å². The number of aryl methyl sites for hydroxylation is 4. The summed E-state index contributed by atoms with van der Waals surface area (Å²) in [5, 5.41) is 16.6. The number of carbonyl (C=O) groups is 1. The van der Waals surface area contributed by atoms with Crippen LogP contribution < -0.4 is 14.8 Å². The Morgan fingerprint density at radius 3 is 2.18 bits per heavy atom. The molecule has 0 aliphatic carbocycles. The number of hydrogen-bond acceptors (Lipinski definition) is 9. The van der Waals surface area contributed by atoms with E-state index in [9.17, 15) is 13.2 Å². The number of fused-ring (bicyclic) bond motifs is 3. The van der Waals surface area contributed by atoms with E-state index in [4.69, 9.17) is 25.9 Å². The summed E-state index contributed by atoms with van der Waals surface area (Å²) in [5.41, 5.74) is 6.38. The van der Waals surface area contributed by atoms with Gasteiger partial charge >= 0.3 is 0 Å². The van der Waals surface area contributed by atoms with Crippen molar-refractivity contribution < 1.29 is 22.5 Å². The average molecular weight is 814 g/mol. The highest BCUT2D eigenvalue weighted by Gasteiger charge is 2.30. The third-order valence-corrected chi connectivity index (χ3v) is 12.3. The number of benzene rings is 3. The number of aliphatic imine (C=N–C) groups is 1. The first kappa shape index (κ1) is 41.8. The Kier molecular flexibility index (Phi) is 14.0. The van der Waals surface area contributed by atoms with Crippen LogP contribution in [-0.4, -0.2) is 60.2 Å². The minimum atomic E-state index is -3.64. The van der Waals surface area contributed by atoms with Crippen molar-refractivity contribution in [3.63, 3.8) is 0 Å². The summed E-state index contributed by atoms with van der Waals surface area (Å²) < 4.78 is 41.9. The lowest BCUT2D eigenvalue weighted by molar-refractivity contribution is -0.121. The first-order chi connectivity index (χ1) is 27.5. The number of unbranched alkanes of at least 4 members (excludes halogenated alkanes) is 8. The lowest BCUT2D eigenvalue weighted by Crippen LogP contribution is -2.26. The summed E-state index contributed by atoms with van der Waals surface area (Å²) in [6, 6.07) is 18.2. The minimum absolute atomic E-state index is 0.0853. The van der Waals surface area contributed by atoms with Crippen LogP contribution in [0.4, 0.5) is 0 Å². The first-order valence-corrected chi connectivity index (χ1v) is 21.6. The predicted molar refractivity (Wildman–Crippen MR) is 223 cm³/mol. The van der Waals surface area contributed by atoms with Gasteiger partial charge in [0.1, 0.15) is 23.4 Å². The molecular formula is C43H52ClN7O5S. The Hall–Kier alpha value is -4.85. The first-order valence-electron chi connectivity index (χ1n) is 19.7. The highest BCUT2D eigenvalue weighted by molar-refractivity contribution is 7.89. The Labute approximate surface area is 340 Å². The molecule has 14 heteroatoms. The van der Waals surface area contributed by atoms with E-state index in [0.29, 0.717) is 46.8 Å². The van der Waals surface area contributed by atoms with E-state index in [1.807, 2.05) is 86.9 Å². The summed E-state index contributed by atoms with van der Waals surface area (Å²) in [7, 11) is -2.01. The molecule has 1 aliphatic rings. The number of hydrogen-bond donors (Lipinski definition) is 2. The monoisotopic (exact) mass is 813 g/mol. The van der Waals surface area contributed by atoms with E-state index in [0.717, 1.165) is 97.1 Å². The number of nitrogens with zero attached hydrogens (tertiary/aromatic N) is 5.